The lowest BCUT2D eigenvalue weighted by molar-refractivity contribution is -0.131. The molecule has 2 bridgehead atoms. The molecule has 2 aromatic carbocycles. The average molecular weight is 490 g/mol. The summed E-state index contributed by atoms with van der Waals surface area (Å²) in [5.74, 6) is -3.74. The number of carbonyl (C=O) groups excluding carboxylic acids is 3. The highest BCUT2D eigenvalue weighted by atomic mass is 19.1. The van der Waals surface area contributed by atoms with Gasteiger partial charge in [-0.05, 0) is 44.0 Å². The lowest BCUT2D eigenvalue weighted by Gasteiger charge is -2.33. The van der Waals surface area contributed by atoms with Gasteiger partial charge in [0.15, 0.2) is 0 Å². The molecule has 1 aliphatic carbocycles. The Hall–Kier alpha value is -3.52. The van der Waals surface area contributed by atoms with Crippen LogP contribution in [-0.2, 0) is 19.1 Å². The van der Waals surface area contributed by atoms with E-state index in [0.717, 1.165) is 25.7 Å². The van der Waals surface area contributed by atoms with E-state index in [9.17, 15) is 14.4 Å². The number of hydrogen-bond acceptors (Lipinski definition) is 4. The van der Waals surface area contributed by atoms with Crippen LogP contribution in [0.25, 0.3) is 0 Å². The van der Waals surface area contributed by atoms with Crippen LogP contribution in [0.15, 0.2) is 66.7 Å². The zero-order valence-corrected chi connectivity index (χ0v) is 19.9. The Kier molecular flexibility index (Phi) is 5.26. The minimum absolute atomic E-state index is 0.000804. The predicted molar refractivity (Wildman–Crippen MR) is 131 cm³/mol. The minimum Gasteiger partial charge on any atom is -0.356 e. The van der Waals surface area contributed by atoms with E-state index in [1.54, 1.807) is 49.4 Å². The maximum Gasteiger partial charge on any atom is 0.246 e. The summed E-state index contributed by atoms with van der Waals surface area (Å²) < 4.78 is 21.5. The highest BCUT2D eigenvalue weighted by molar-refractivity contribution is 6.11. The van der Waals surface area contributed by atoms with Crippen molar-refractivity contribution in [1.82, 2.24) is 5.32 Å². The summed E-state index contributed by atoms with van der Waals surface area (Å²) in [6, 6.07) is 13.7. The van der Waals surface area contributed by atoms with Gasteiger partial charge in [-0.15, -0.1) is 0 Å². The second-order valence-corrected chi connectivity index (χ2v) is 10.3. The Bertz CT molecular complexity index is 1260. The largest absolute Gasteiger partial charge is 0.356 e. The Balaban J connectivity index is 1.42. The number of hydrogen-bond donors (Lipinski definition) is 2. The molecule has 3 heterocycles. The van der Waals surface area contributed by atoms with Gasteiger partial charge in [0.05, 0.1) is 23.1 Å². The number of rotatable bonds is 5. The van der Waals surface area contributed by atoms with E-state index in [1.165, 1.54) is 23.1 Å². The third kappa shape index (κ3) is 3.31. The van der Waals surface area contributed by atoms with Crippen molar-refractivity contribution in [2.75, 3.05) is 10.2 Å². The van der Waals surface area contributed by atoms with E-state index in [0.29, 0.717) is 5.69 Å². The Labute approximate surface area is 208 Å². The third-order valence-corrected chi connectivity index (χ3v) is 8.08. The van der Waals surface area contributed by atoms with Gasteiger partial charge in [-0.2, -0.15) is 0 Å². The summed E-state index contributed by atoms with van der Waals surface area (Å²) in [4.78, 5) is 42.7. The van der Waals surface area contributed by atoms with Gasteiger partial charge in [0.25, 0.3) is 0 Å². The fourth-order valence-corrected chi connectivity index (χ4v) is 6.53. The highest BCUT2D eigenvalue weighted by Gasteiger charge is 2.76. The van der Waals surface area contributed by atoms with Crippen molar-refractivity contribution in [1.29, 1.82) is 0 Å². The number of carbonyl (C=O) groups is 3. The van der Waals surface area contributed by atoms with Gasteiger partial charge in [0, 0.05) is 11.7 Å². The van der Waals surface area contributed by atoms with Gasteiger partial charge in [-0.3, -0.25) is 19.3 Å². The zero-order valence-electron chi connectivity index (χ0n) is 19.9. The Morgan fingerprint density at radius 1 is 1.00 bits per heavy atom. The van der Waals surface area contributed by atoms with Crippen LogP contribution in [0.2, 0.25) is 0 Å². The number of fused-ring (bicyclic) bond motifs is 1. The molecule has 2 aromatic rings. The summed E-state index contributed by atoms with van der Waals surface area (Å²) in [5.41, 5.74) is -1.86. The fourth-order valence-electron chi connectivity index (χ4n) is 6.53. The smallest absolute Gasteiger partial charge is 0.246 e. The van der Waals surface area contributed by atoms with E-state index >= 15 is 4.39 Å². The lowest BCUT2D eigenvalue weighted by atomic mass is 9.70. The van der Waals surface area contributed by atoms with Crippen molar-refractivity contribution in [3.8, 4) is 0 Å². The quantitative estimate of drug-likeness (QED) is 0.629. The van der Waals surface area contributed by atoms with Crippen molar-refractivity contribution in [2.45, 2.75) is 55.9 Å². The minimum atomic E-state index is -1.38. The molecule has 0 radical (unpaired) electrons. The number of ether oxygens (including phenoxy) is 1. The van der Waals surface area contributed by atoms with E-state index < -0.39 is 40.8 Å². The van der Waals surface area contributed by atoms with Crippen molar-refractivity contribution in [3.63, 3.8) is 0 Å². The Morgan fingerprint density at radius 2 is 1.69 bits per heavy atom. The van der Waals surface area contributed by atoms with Crippen LogP contribution in [0.5, 0.6) is 0 Å². The molecular weight excluding hydrogens is 461 g/mol. The van der Waals surface area contributed by atoms with E-state index in [-0.39, 0.29) is 23.5 Å². The number of halogens is 1. The maximum absolute atomic E-state index is 15.0. The van der Waals surface area contributed by atoms with Gasteiger partial charge in [0.1, 0.15) is 17.5 Å². The summed E-state index contributed by atoms with van der Waals surface area (Å²) >= 11 is 0. The standard InChI is InChI=1S/C28H28FN3O4/c1-27-15-16-28(36-27)22(21(27)24(33)30-17-9-3-2-4-10-17)26(35)32(20-14-8-7-13-19(20)29)23(28)25(34)31-18-11-5-6-12-18/h2-4,7-10,13-16,18,21-23H,5-6,11-12H2,1H3,(H,30,33)(H,31,34)/t21-,22-,23-,27-,28+/m0/s1. The van der Waals surface area contributed by atoms with Crippen molar-refractivity contribution < 1.29 is 23.5 Å². The van der Waals surface area contributed by atoms with Crippen LogP contribution >= 0.6 is 0 Å². The second-order valence-electron chi connectivity index (χ2n) is 10.3. The topological polar surface area (TPSA) is 87.7 Å². The molecule has 3 aliphatic heterocycles. The molecule has 36 heavy (non-hydrogen) atoms. The summed E-state index contributed by atoms with van der Waals surface area (Å²) in [5, 5.41) is 5.97. The average Bonchev–Trinajstić information content (AvgIpc) is 3.60. The summed E-state index contributed by atoms with van der Waals surface area (Å²) in [6.45, 7) is 1.76. The molecule has 1 spiro atoms. The van der Waals surface area contributed by atoms with E-state index in [4.69, 9.17) is 4.74 Å². The van der Waals surface area contributed by atoms with Crippen LogP contribution < -0.4 is 15.5 Å². The summed E-state index contributed by atoms with van der Waals surface area (Å²) in [6.07, 6.45) is 7.28. The number of nitrogens with one attached hydrogen (secondary N) is 2. The summed E-state index contributed by atoms with van der Waals surface area (Å²) in [7, 11) is 0. The molecule has 4 aliphatic rings. The number of benzene rings is 2. The van der Waals surface area contributed by atoms with Crippen molar-refractivity contribution in [2.24, 2.45) is 11.8 Å². The Morgan fingerprint density at radius 3 is 2.42 bits per heavy atom. The first-order chi connectivity index (χ1) is 17.3. The van der Waals surface area contributed by atoms with Gasteiger partial charge < -0.3 is 15.4 Å². The highest BCUT2D eigenvalue weighted by Crippen LogP contribution is 2.60. The molecule has 8 heteroatoms. The van der Waals surface area contributed by atoms with E-state index in [2.05, 4.69) is 10.6 Å². The van der Waals surface area contributed by atoms with Gasteiger partial charge in [-0.25, -0.2) is 4.39 Å². The van der Waals surface area contributed by atoms with E-state index in [1.807, 2.05) is 6.07 Å². The van der Waals surface area contributed by atoms with Gasteiger partial charge in [-0.1, -0.05) is 55.3 Å². The zero-order chi connectivity index (χ0) is 25.1. The van der Waals surface area contributed by atoms with Crippen LogP contribution in [0.1, 0.15) is 32.6 Å². The second kappa shape index (κ2) is 8.27. The van der Waals surface area contributed by atoms with Crippen LogP contribution in [0.3, 0.4) is 0 Å². The van der Waals surface area contributed by atoms with Gasteiger partial charge >= 0.3 is 0 Å². The van der Waals surface area contributed by atoms with Crippen LogP contribution in [0, 0.1) is 17.7 Å². The molecule has 0 unspecified atom stereocenters. The molecule has 2 N–H and O–H groups in total. The van der Waals surface area contributed by atoms with Crippen molar-refractivity contribution >= 4 is 29.1 Å². The first-order valence-corrected chi connectivity index (χ1v) is 12.5. The number of nitrogens with zero attached hydrogens (tertiary/aromatic N) is 1. The number of para-hydroxylation sites is 2. The van der Waals surface area contributed by atoms with Crippen LogP contribution in [-0.4, -0.2) is 41.0 Å². The molecule has 3 fully saturated rings. The molecular formula is C28H28FN3O4. The SMILES string of the molecule is C[C@@]12C=C[C@@]3(O1)[C@H](C(=O)N(c1ccccc1F)[C@H]3C(=O)NC1CCCC1)[C@H]2C(=O)Nc1ccccc1. The molecule has 186 valence electrons. The predicted octanol–water partition coefficient (Wildman–Crippen LogP) is 3.57. The first kappa shape index (κ1) is 22.9. The maximum atomic E-state index is 15.0. The van der Waals surface area contributed by atoms with Gasteiger partial charge in [0.2, 0.25) is 17.7 Å². The third-order valence-electron chi connectivity index (χ3n) is 8.08. The first-order valence-electron chi connectivity index (χ1n) is 12.5. The molecule has 3 amide bonds. The molecule has 7 nitrogen and oxygen atoms in total. The molecule has 1 saturated carbocycles. The molecule has 5 atom stereocenters. The molecule has 0 aromatic heterocycles. The number of anilines is 2. The molecule has 2 saturated heterocycles. The number of amides is 3. The van der Waals surface area contributed by atoms with Crippen LogP contribution in [0.4, 0.5) is 15.8 Å². The lowest BCUT2D eigenvalue weighted by Crippen LogP contribution is -2.56. The van der Waals surface area contributed by atoms with Crippen molar-refractivity contribution in [3.05, 3.63) is 72.6 Å². The fraction of sp³-hybridized carbons (Fsp3) is 0.393. The molecule has 6 rings (SSSR count). The monoisotopic (exact) mass is 489 g/mol. The normalized spacial score (nSPS) is 32.7.